The fourth-order valence-electron chi connectivity index (χ4n) is 1.42. The molecule has 0 amide bonds. The molecule has 2 rings (SSSR count). The minimum atomic E-state index is -0.537. The molecule has 0 bridgehead atoms. The van der Waals surface area contributed by atoms with Gasteiger partial charge >= 0.3 is 0 Å². The Morgan fingerprint density at radius 2 is 2.00 bits per heavy atom. The van der Waals surface area contributed by atoms with Gasteiger partial charge in [0.25, 0.3) is 0 Å². The number of benzene rings is 1. The van der Waals surface area contributed by atoms with Gasteiger partial charge < -0.3 is 15.6 Å². The van der Waals surface area contributed by atoms with Crippen molar-refractivity contribution < 1.29 is 9.84 Å². The Bertz CT molecular complexity index is 491. The van der Waals surface area contributed by atoms with Crippen LogP contribution < -0.4 is 10.5 Å². The SMILES string of the molecule is Nc1ccc(OCC(O)CSc2ccccn2)cc1. The molecule has 1 heterocycles. The van der Waals surface area contributed by atoms with Crippen LogP contribution >= 0.6 is 11.8 Å². The van der Waals surface area contributed by atoms with Gasteiger partial charge in [0.05, 0.1) is 11.1 Å². The molecule has 3 N–H and O–H groups in total. The predicted octanol–water partition coefficient (Wildman–Crippen LogP) is 2.20. The molecule has 1 aromatic heterocycles. The molecular formula is C14H16N2O2S. The van der Waals surface area contributed by atoms with Crippen molar-refractivity contribution in [2.45, 2.75) is 11.1 Å². The summed E-state index contributed by atoms with van der Waals surface area (Å²) in [4.78, 5) is 4.18. The number of aromatic nitrogens is 1. The summed E-state index contributed by atoms with van der Waals surface area (Å²) in [5.74, 6) is 1.25. The zero-order valence-electron chi connectivity index (χ0n) is 10.4. The van der Waals surface area contributed by atoms with Gasteiger partial charge in [-0.05, 0) is 36.4 Å². The quantitative estimate of drug-likeness (QED) is 0.625. The molecule has 0 saturated heterocycles. The molecule has 0 aliphatic carbocycles. The molecular weight excluding hydrogens is 260 g/mol. The first kappa shape index (κ1) is 13.7. The Labute approximate surface area is 116 Å². The number of hydrogen-bond acceptors (Lipinski definition) is 5. The maximum atomic E-state index is 9.83. The highest BCUT2D eigenvalue weighted by molar-refractivity contribution is 7.99. The van der Waals surface area contributed by atoms with Crippen LogP contribution in [0.1, 0.15) is 0 Å². The van der Waals surface area contributed by atoms with Crippen molar-refractivity contribution in [2.24, 2.45) is 0 Å². The lowest BCUT2D eigenvalue weighted by Gasteiger charge is -2.11. The van der Waals surface area contributed by atoms with Gasteiger partial charge in [0.2, 0.25) is 0 Å². The lowest BCUT2D eigenvalue weighted by Crippen LogP contribution is -2.20. The summed E-state index contributed by atoms with van der Waals surface area (Å²) in [7, 11) is 0. The van der Waals surface area contributed by atoms with Crippen molar-refractivity contribution in [1.82, 2.24) is 4.98 Å². The average Bonchev–Trinajstić information content (AvgIpc) is 2.45. The van der Waals surface area contributed by atoms with E-state index in [0.29, 0.717) is 17.2 Å². The highest BCUT2D eigenvalue weighted by Gasteiger charge is 2.06. The summed E-state index contributed by atoms with van der Waals surface area (Å²) in [6, 6.07) is 12.8. The van der Waals surface area contributed by atoms with Crippen LogP contribution in [0.4, 0.5) is 5.69 Å². The maximum Gasteiger partial charge on any atom is 0.119 e. The first-order valence-corrected chi connectivity index (χ1v) is 6.93. The zero-order valence-corrected chi connectivity index (χ0v) is 11.2. The molecule has 0 spiro atoms. The first-order chi connectivity index (χ1) is 9.24. The molecule has 100 valence electrons. The molecule has 4 nitrogen and oxygen atoms in total. The molecule has 0 aliphatic heterocycles. The van der Waals surface area contributed by atoms with Crippen LogP contribution in [-0.2, 0) is 0 Å². The van der Waals surface area contributed by atoms with E-state index in [1.165, 1.54) is 11.8 Å². The predicted molar refractivity (Wildman–Crippen MR) is 77.3 cm³/mol. The molecule has 2 aromatic rings. The van der Waals surface area contributed by atoms with E-state index >= 15 is 0 Å². The standard InChI is InChI=1S/C14H16N2O2S/c15-11-4-6-13(7-5-11)18-9-12(17)10-19-14-3-1-2-8-16-14/h1-8,12,17H,9-10,15H2. The number of aliphatic hydroxyl groups is 1. The number of hydrogen-bond donors (Lipinski definition) is 2. The number of nitrogens with two attached hydrogens (primary N) is 1. The van der Waals surface area contributed by atoms with Gasteiger partial charge in [-0.15, -0.1) is 11.8 Å². The Hall–Kier alpha value is -1.72. The molecule has 1 unspecified atom stereocenters. The topological polar surface area (TPSA) is 68.4 Å². The van der Waals surface area contributed by atoms with E-state index in [1.54, 1.807) is 30.5 Å². The van der Waals surface area contributed by atoms with Crippen molar-refractivity contribution in [1.29, 1.82) is 0 Å². The summed E-state index contributed by atoms with van der Waals surface area (Å²) < 4.78 is 5.47. The van der Waals surface area contributed by atoms with E-state index in [4.69, 9.17) is 10.5 Å². The van der Waals surface area contributed by atoms with Crippen LogP contribution in [0.15, 0.2) is 53.7 Å². The van der Waals surface area contributed by atoms with Crippen LogP contribution in [0.2, 0.25) is 0 Å². The van der Waals surface area contributed by atoms with E-state index < -0.39 is 6.10 Å². The molecule has 0 saturated carbocycles. The highest BCUT2D eigenvalue weighted by Crippen LogP contribution is 2.17. The van der Waals surface area contributed by atoms with Gasteiger partial charge in [-0.1, -0.05) is 6.07 Å². The Morgan fingerprint density at radius 1 is 1.21 bits per heavy atom. The molecule has 0 aliphatic rings. The van der Waals surface area contributed by atoms with E-state index in [9.17, 15) is 5.11 Å². The van der Waals surface area contributed by atoms with Crippen molar-refractivity contribution >= 4 is 17.4 Å². The maximum absolute atomic E-state index is 9.83. The molecule has 19 heavy (non-hydrogen) atoms. The number of thioether (sulfide) groups is 1. The summed E-state index contributed by atoms with van der Waals surface area (Å²) in [6.07, 6.45) is 1.20. The van der Waals surface area contributed by atoms with Crippen LogP contribution in [0, 0.1) is 0 Å². The van der Waals surface area contributed by atoms with Crippen molar-refractivity contribution in [3.05, 3.63) is 48.7 Å². The van der Waals surface area contributed by atoms with E-state index in [0.717, 1.165) is 5.03 Å². The van der Waals surface area contributed by atoms with E-state index in [1.807, 2.05) is 18.2 Å². The van der Waals surface area contributed by atoms with Crippen LogP contribution in [0.3, 0.4) is 0 Å². The van der Waals surface area contributed by atoms with Gasteiger partial charge in [0, 0.05) is 17.6 Å². The molecule has 0 radical (unpaired) electrons. The number of nitrogen functional groups attached to an aromatic ring is 1. The van der Waals surface area contributed by atoms with Gasteiger partial charge in [0.15, 0.2) is 0 Å². The smallest absolute Gasteiger partial charge is 0.119 e. The minimum absolute atomic E-state index is 0.254. The third-order valence-electron chi connectivity index (χ3n) is 2.38. The second-order valence-electron chi connectivity index (χ2n) is 4.01. The second-order valence-corrected chi connectivity index (χ2v) is 5.05. The number of anilines is 1. The van der Waals surface area contributed by atoms with Crippen molar-refractivity contribution in [3.8, 4) is 5.75 Å². The minimum Gasteiger partial charge on any atom is -0.491 e. The summed E-state index contributed by atoms with van der Waals surface area (Å²) in [6.45, 7) is 0.254. The van der Waals surface area contributed by atoms with E-state index in [-0.39, 0.29) is 6.61 Å². The van der Waals surface area contributed by atoms with Crippen molar-refractivity contribution in [2.75, 3.05) is 18.1 Å². The third-order valence-corrected chi connectivity index (χ3v) is 3.47. The third kappa shape index (κ3) is 4.81. The number of pyridine rings is 1. The largest absolute Gasteiger partial charge is 0.491 e. The molecule has 1 aromatic carbocycles. The number of nitrogens with zero attached hydrogens (tertiary/aromatic N) is 1. The van der Waals surface area contributed by atoms with Gasteiger partial charge in [-0.2, -0.15) is 0 Å². The second kappa shape index (κ2) is 7.01. The molecule has 1 atom stereocenters. The highest BCUT2D eigenvalue weighted by atomic mass is 32.2. The summed E-state index contributed by atoms with van der Waals surface area (Å²) in [5.41, 5.74) is 6.27. The Morgan fingerprint density at radius 3 is 2.68 bits per heavy atom. The van der Waals surface area contributed by atoms with Crippen LogP contribution in [-0.4, -0.2) is 28.6 Å². The number of rotatable bonds is 6. The fourth-order valence-corrected chi connectivity index (χ4v) is 2.19. The molecule has 5 heteroatoms. The summed E-state index contributed by atoms with van der Waals surface area (Å²) >= 11 is 1.51. The van der Waals surface area contributed by atoms with Gasteiger partial charge in [0.1, 0.15) is 12.4 Å². The lowest BCUT2D eigenvalue weighted by atomic mass is 10.3. The molecule has 0 fully saturated rings. The summed E-state index contributed by atoms with van der Waals surface area (Å²) in [5, 5.41) is 10.7. The Balaban J connectivity index is 1.72. The van der Waals surface area contributed by atoms with Gasteiger partial charge in [-0.25, -0.2) is 4.98 Å². The fraction of sp³-hybridized carbons (Fsp3) is 0.214. The zero-order chi connectivity index (χ0) is 13.5. The van der Waals surface area contributed by atoms with Gasteiger partial charge in [-0.3, -0.25) is 0 Å². The lowest BCUT2D eigenvalue weighted by molar-refractivity contribution is 0.126. The van der Waals surface area contributed by atoms with Crippen molar-refractivity contribution in [3.63, 3.8) is 0 Å². The Kier molecular flexibility index (Phi) is 5.06. The number of ether oxygens (including phenoxy) is 1. The first-order valence-electron chi connectivity index (χ1n) is 5.94. The average molecular weight is 276 g/mol. The van der Waals surface area contributed by atoms with Crippen LogP contribution in [0.25, 0.3) is 0 Å². The normalized spacial score (nSPS) is 12.1. The van der Waals surface area contributed by atoms with Crippen LogP contribution in [0.5, 0.6) is 5.75 Å². The monoisotopic (exact) mass is 276 g/mol. The number of aliphatic hydroxyl groups excluding tert-OH is 1. The van der Waals surface area contributed by atoms with E-state index in [2.05, 4.69) is 4.98 Å².